The molecule has 0 fully saturated rings. The number of thiazole rings is 1. The summed E-state index contributed by atoms with van der Waals surface area (Å²) in [7, 11) is 1.99. The van der Waals surface area contributed by atoms with Crippen molar-refractivity contribution in [3.8, 4) is 0 Å². The first-order valence-electron chi connectivity index (χ1n) is 4.84. The van der Waals surface area contributed by atoms with Crippen molar-refractivity contribution in [1.29, 1.82) is 0 Å². The zero-order valence-electron chi connectivity index (χ0n) is 8.84. The van der Waals surface area contributed by atoms with Crippen LogP contribution in [0.1, 0.15) is 6.92 Å². The monoisotopic (exact) mass is 222 g/mol. The Bertz CT molecular complexity index is 451. The highest BCUT2D eigenvalue weighted by molar-refractivity contribution is 7.16. The van der Waals surface area contributed by atoms with Gasteiger partial charge in [0.25, 0.3) is 0 Å². The Morgan fingerprint density at radius 2 is 2.33 bits per heavy atom. The van der Waals surface area contributed by atoms with Crippen molar-refractivity contribution < 1.29 is 0 Å². The van der Waals surface area contributed by atoms with Crippen molar-refractivity contribution in [2.45, 2.75) is 13.0 Å². The summed E-state index contributed by atoms with van der Waals surface area (Å²) in [5.41, 5.74) is 8.37. The van der Waals surface area contributed by atoms with Crippen LogP contribution in [0.25, 0.3) is 10.3 Å². The largest absolute Gasteiger partial charge is 0.358 e. The van der Waals surface area contributed by atoms with E-state index in [0.29, 0.717) is 0 Å². The molecular weight excluding hydrogens is 208 g/mol. The van der Waals surface area contributed by atoms with Crippen molar-refractivity contribution >= 4 is 27.5 Å². The molecule has 1 atom stereocenters. The fourth-order valence-electron chi connectivity index (χ4n) is 1.48. The number of hydrogen-bond donors (Lipinski definition) is 1. The number of hydrogen-bond acceptors (Lipinski definition) is 5. The zero-order chi connectivity index (χ0) is 10.8. The molecule has 0 aromatic carbocycles. The number of anilines is 1. The van der Waals surface area contributed by atoms with E-state index < -0.39 is 0 Å². The lowest BCUT2D eigenvalue weighted by atomic mass is 10.3. The topological polar surface area (TPSA) is 55.0 Å². The first kappa shape index (κ1) is 10.3. The highest BCUT2D eigenvalue weighted by Gasteiger charge is 2.06. The molecule has 0 saturated heterocycles. The summed E-state index contributed by atoms with van der Waals surface area (Å²) >= 11 is 1.60. The molecular formula is C10H14N4S. The van der Waals surface area contributed by atoms with Gasteiger partial charge in [-0.2, -0.15) is 0 Å². The summed E-state index contributed by atoms with van der Waals surface area (Å²) in [5.74, 6) is 0.922. The van der Waals surface area contributed by atoms with E-state index in [9.17, 15) is 0 Å². The molecule has 0 spiro atoms. The first-order chi connectivity index (χ1) is 7.16. The molecule has 0 aliphatic rings. The van der Waals surface area contributed by atoms with Gasteiger partial charge in [-0.1, -0.05) is 0 Å². The minimum atomic E-state index is 0.142. The molecule has 80 valence electrons. The number of fused-ring (bicyclic) bond motifs is 1. The van der Waals surface area contributed by atoms with Crippen molar-refractivity contribution in [3.05, 3.63) is 17.6 Å². The van der Waals surface area contributed by atoms with E-state index in [-0.39, 0.29) is 6.04 Å². The Morgan fingerprint density at radius 1 is 1.53 bits per heavy atom. The molecule has 5 heteroatoms. The van der Waals surface area contributed by atoms with Gasteiger partial charge in [0.15, 0.2) is 5.65 Å². The normalized spacial score (nSPS) is 13.0. The van der Waals surface area contributed by atoms with Crippen LogP contribution in [0.5, 0.6) is 0 Å². The summed E-state index contributed by atoms with van der Waals surface area (Å²) in [6.07, 6.45) is 0. The van der Waals surface area contributed by atoms with E-state index in [1.54, 1.807) is 11.3 Å². The van der Waals surface area contributed by atoms with Gasteiger partial charge >= 0.3 is 0 Å². The molecule has 2 N–H and O–H groups in total. The van der Waals surface area contributed by atoms with Crippen LogP contribution in [0.3, 0.4) is 0 Å². The SMILES string of the molecule is CC(N)CN(C)c1ccc2scnc2n1. The quantitative estimate of drug-likeness (QED) is 0.854. The molecule has 0 aliphatic carbocycles. The number of rotatable bonds is 3. The van der Waals surface area contributed by atoms with E-state index in [1.165, 1.54) is 0 Å². The van der Waals surface area contributed by atoms with Gasteiger partial charge in [-0.25, -0.2) is 9.97 Å². The number of likely N-dealkylation sites (N-methyl/N-ethyl adjacent to an activating group) is 1. The molecule has 0 radical (unpaired) electrons. The van der Waals surface area contributed by atoms with Gasteiger partial charge in [-0.05, 0) is 19.1 Å². The molecule has 0 aliphatic heterocycles. The summed E-state index contributed by atoms with van der Waals surface area (Å²) in [5, 5.41) is 0. The molecule has 15 heavy (non-hydrogen) atoms. The smallest absolute Gasteiger partial charge is 0.172 e. The summed E-state index contributed by atoms with van der Waals surface area (Å²) in [6, 6.07) is 4.19. The maximum absolute atomic E-state index is 5.74. The van der Waals surface area contributed by atoms with Gasteiger partial charge in [0.1, 0.15) is 5.82 Å². The Kier molecular flexibility index (Phi) is 2.83. The number of pyridine rings is 1. The Morgan fingerprint density at radius 3 is 3.07 bits per heavy atom. The van der Waals surface area contributed by atoms with Gasteiger partial charge in [-0.15, -0.1) is 11.3 Å². The second-order valence-corrected chi connectivity index (χ2v) is 4.59. The first-order valence-corrected chi connectivity index (χ1v) is 5.72. The van der Waals surface area contributed by atoms with Crippen LogP contribution >= 0.6 is 11.3 Å². The van der Waals surface area contributed by atoms with E-state index in [2.05, 4.69) is 9.97 Å². The van der Waals surface area contributed by atoms with Gasteiger partial charge in [0.2, 0.25) is 0 Å². The molecule has 4 nitrogen and oxygen atoms in total. The summed E-state index contributed by atoms with van der Waals surface area (Å²) in [4.78, 5) is 10.7. The maximum atomic E-state index is 5.74. The highest BCUT2D eigenvalue weighted by Crippen LogP contribution is 2.19. The van der Waals surface area contributed by atoms with E-state index >= 15 is 0 Å². The molecule has 0 amide bonds. The van der Waals surface area contributed by atoms with E-state index in [4.69, 9.17) is 5.73 Å². The van der Waals surface area contributed by atoms with E-state index in [1.807, 2.05) is 36.5 Å². The minimum Gasteiger partial charge on any atom is -0.358 e. The second kappa shape index (κ2) is 4.12. The lowest BCUT2D eigenvalue weighted by Gasteiger charge is -2.19. The predicted molar refractivity (Wildman–Crippen MR) is 64.3 cm³/mol. The van der Waals surface area contributed by atoms with Crippen LogP contribution in [-0.2, 0) is 0 Å². The molecule has 2 aromatic rings. The maximum Gasteiger partial charge on any atom is 0.172 e. The second-order valence-electron chi connectivity index (χ2n) is 3.70. The third-order valence-corrected chi connectivity index (χ3v) is 2.92. The van der Waals surface area contributed by atoms with E-state index in [0.717, 1.165) is 22.7 Å². The predicted octanol–water partition coefficient (Wildman–Crippen LogP) is 1.47. The van der Waals surface area contributed by atoms with Crippen molar-refractivity contribution in [2.24, 2.45) is 5.73 Å². The van der Waals surface area contributed by atoms with Gasteiger partial charge in [-0.3, -0.25) is 0 Å². The lowest BCUT2D eigenvalue weighted by molar-refractivity contribution is 0.712. The highest BCUT2D eigenvalue weighted by atomic mass is 32.1. The van der Waals surface area contributed by atoms with Gasteiger partial charge in [0.05, 0.1) is 10.2 Å². The summed E-state index contributed by atoms with van der Waals surface area (Å²) < 4.78 is 1.12. The fourth-order valence-corrected chi connectivity index (χ4v) is 2.10. The van der Waals surface area contributed by atoms with Crippen LogP contribution in [0.2, 0.25) is 0 Å². The average molecular weight is 222 g/mol. The standard InChI is InChI=1S/C10H14N4S/c1-7(11)5-14(2)9-4-3-8-10(13-9)12-6-15-8/h3-4,6-7H,5,11H2,1-2H3. The summed E-state index contributed by atoms with van der Waals surface area (Å²) in [6.45, 7) is 2.78. The Hall–Kier alpha value is -1.20. The van der Waals surface area contributed by atoms with Crippen LogP contribution < -0.4 is 10.6 Å². The fraction of sp³-hybridized carbons (Fsp3) is 0.400. The average Bonchev–Trinajstić information content (AvgIpc) is 2.62. The molecule has 1 unspecified atom stereocenters. The Labute approximate surface area is 92.8 Å². The zero-order valence-corrected chi connectivity index (χ0v) is 9.66. The van der Waals surface area contributed by atoms with Gasteiger partial charge in [0, 0.05) is 19.6 Å². The van der Waals surface area contributed by atoms with Crippen LogP contribution in [0.15, 0.2) is 17.6 Å². The van der Waals surface area contributed by atoms with Gasteiger partial charge < -0.3 is 10.6 Å². The lowest BCUT2D eigenvalue weighted by Crippen LogP contribution is -2.33. The number of nitrogens with zero attached hydrogens (tertiary/aromatic N) is 3. The van der Waals surface area contributed by atoms with Crippen LogP contribution in [0, 0.1) is 0 Å². The third kappa shape index (κ3) is 2.24. The molecule has 0 bridgehead atoms. The minimum absolute atomic E-state index is 0.142. The van der Waals surface area contributed by atoms with Crippen LogP contribution in [0.4, 0.5) is 5.82 Å². The van der Waals surface area contributed by atoms with Crippen molar-refractivity contribution in [1.82, 2.24) is 9.97 Å². The molecule has 2 aromatic heterocycles. The van der Waals surface area contributed by atoms with Crippen molar-refractivity contribution in [2.75, 3.05) is 18.5 Å². The van der Waals surface area contributed by atoms with Crippen molar-refractivity contribution in [3.63, 3.8) is 0 Å². The third-order valence-electron chi connectivity index (χ3n) is 2.13. The number of nitrogens with two attached hydrogens (primary N) is 1. The molecule has 2 heterocycles. The Balaban J connectivity index is 2.27. The molecule has 0 saturated carbocycles. The molecule has 2 rings (SSSR count). The number of aromatic nitrogens is 2. The van der Waals surface area contributed by atoms with Crippen LogP contribution in [-0.4, -0.2) is 29.6 Å².